The second-order valence-corrected chi connectivity index (χ2v) is 6.90. The van der Waals surface area contributed by atoms with Gasteiger partial charge in [0, 0.05) is 24.5 Å². The normalized spacial score (nSPS) is 22.1. The second kappa shape index (κ2) is 6.01. The fourth-order valence-electron chi connectivity index (χ4n) is 3.09. The van der Waals surface area contributed by atoms with E-state index in [1.807, 2.05) is 27.0 Å². The lowest BCUT2D eigenvalue weighted by atomic mass is 9.87. The number of aryl methyl sites for hydroxylation is 1. The van der Waals surface area contributed by atoms with Crippen molar-refractivity contribution < 1.29 is 4.74 Å². The Morgan fingerprint density at radius 1 is 1.33 bits per heavy atom. The first-order valence-electron chi connectivity index (χ1n) is 8.31. The lowest BCUT2D eigenvalue weighted by molar-refractivity contribution is -0.0210. The molecule has 0 amide bonds. The van der Waals surface area contributed by atoms with E-state index in [-0.39, 0.29) is 0 Å². The van der Waals surface area contributed by atoms with Gasteiger partial charge in [-0.3, -0.25) is 0 Å². The van der Waals surface area contributed by atoms with Gasteiger partial charge in [-0.25, -0.2) is 9.97 Å². The van der Waals surface area contributed by atoms with E-state index in [0.29, 0.717) is 6.61 Å². The predicted octanol–water partition coefficient (Wildman–Crippen LogP) is 2.61. The van der Waals surface area contributed by atoms with Gasteiger partial charge in [-0.05, 0) is 70.9 Å². The summed E-state index contributed by atoms with van der Waals surface area (Å²) >= 11 is 0. The predicted molar refractivity (Wildman–Crippen MR) is 83.2 cm³/mol. The lowest BCUT2D eigenvalue weighted by Crippen LogP contribution is -2.30. The summed E-state index contributed by atoms with van der Waals surface area (Å²) in [6.07, 6.45) is 8.18. The van der Waals surface area contributed by atoms with Crippen LogP contribution in [0.5, 0.6) is 0 Å². The molecule has 4 heteroatoms. The number of aromatic nitrogens is 2. The fourth-order valence-corrected chi connectivity index (χ4v) is 3.09. The molecule has 1 aromatic heterocycles. The van der Waals surface area contributed by atoms with Gasteiger partial charge in [0.15, 0.2) is 5.82 Å². The van der Waals surface area contributed by atoms with Crippen molar-refractivity contribution >= 4 is 0 Å². The molecule has 2 aliphatic carbocycles. The number of hydrogen-bond acceptors (Lipinski definition) is 4. The van der Waals surface area contributed by atoms with E-state index in [9.17, 15) is 0 Å². The van der Waals surface area contributed by atoms with Crippen LogP contribution in [0.2, 0.25) is 0 Å². The number of nitrogens with zero attached hydrogens (tertiary/aromatic N) is 2. The Kier molecular flexibility index (Phi) is 4.27. The second-order valence-electron chi connectivity index (χ2n) is 6.90. The van der Waals surface area contributed by atoms with Gasteiger partial charge in [0.1, 0.15) is 5.60 Å². The Bertz CT molecular complexity index is 497. The van der Waals surface area contributed by atoms with E-state index in [4.69, 9.17) is 9.72 Å². The summed E-state index contributed by atoms with van der Waals surface area (Å²) in [5, 5.41) is 3.65. The number of ether oxygens (including phenoxy) is 1. The molecule has 0 bridgehead atoms. The average molecular weight is 289 g/mol. The smallest absolute Gasteiger partial charge is 0.159 e. The van der Waals surface area contributed by atoms with Gasteiger partial charge >= 0.3 is 0 Å². The molecule has 1 N–H and O–H groups in total. The Morgan fingerprint density at radius 3 is 2.86 bits per heavy atom. The summed E-state index contributed by atoms with van der Waals surface area (Å²) < 4.78 is 5.76. The molecule has 3 rings (SSSR count). The van der Waals surface area contributed by atoms with Gasteiger partial charge in [0.2, 0.25) is 0 Å². The highest BCUT2D eigenvalue weighted by Crippen LogP contribution is 2.28. The van der Waals surface area contributed by atoms with Crippen LogP contribution < -0.4 is 5.32 Å². The summed E-state index contributed by atoms with van der Waals surface area (Å²) in [5.74, 6) is 1.56. The van der Waals surface area contributed by atoms with E-state index < -0.39 is 5.60 Å². The molecular formula is C17H27N3O. The van der Waals surface area contributed by atoms with E-state index in [1.54, 1.807) is 0 Å². The van der Waals surface area contributed by atoms with Crippen molar-refractivity contribution in [1.29, 1.82) is 0 Å². The maximum absolute atomic E-state index is 5.76. The number of rotatable bonds is 6. The molecule has 1 saturated carbocycles. The molecule has 21 heavy (non-hydrogen) atoms. The molecule has 0 radical (unpaired) electrons. The number of fused-ring (bicyclic) bond motifs is 1. The van der Waals surface area contributed by atoms with Crippen molar-refractivity contribution in [3.05, 3.63) is 23.3 Å². The number of nitrogens with one attached hydrogen (secondary N) is 1. The van der Waals surface area contributed by atoms with Crippen LogP contribution in [0, 0.1) is 5.92 Å². The van der Waals surface area contributed by atoms with Crippen molar-refractivity contribution in [3.63, 3.8) is 0 Å². The van der Waals surface area contributed by atoms with Gasteiger partial charge in [-0.15, -0.1) is 0 Å². The molecule has 1 unspecified atom stereocenters. The summed E-state index contributed by atoms with van der Waals surface area (Å²) in [6.45, 7) is 7.93. The molecule has 1 atom stereocenters. The van der Waals surface area contributed by atoms with E-state index in [0.717, 1.165) is 37.2 Å². The molecule has 0 spiro atoms. The van der Waals surface area contributed by atoms with Gasteiger partial charge in [-0.1, -0.05) is 0 Å². The minimum Gasteiger partial charge on any atom is -0.368 e. The molecule has 1 heterocycles. The van der Waals surface area contributed by atoms with Crippen LogP contribution in [0.1, 0.15) is 57.1 Å². The maximum atomic E-state index is 5.76. The quantitative estimate of drug-likeness (QED) is 0.874. The minimum absolute atomic E-state index is 0.395. The van der Waals surface area contributed by atoms with Crippen LogP contribution in [0.3, 0.4) is 0 Å². The summed E-state index contributed by atoms with van der Waals surface area (Å²) in [4.78, 5) is 9.36. The van der Waals surface area contributed by atoms with Crippen molar-refractivity contribution in [2.75, 3.05) is 13.2 Å². The van der Waals surface area contributed by atoms with E-state index in [1.165, 1.54) is 30.5 Å². The summed E-state index contributed by atoms with van der Waals surface area (Å²) in [6, 6.07) is 0.803. The Hall–Kier alpha value is -1.00. The molecule has 1 fully saturated rings. The Balaban J connectivity index is 1.66. The van der Waals surface area contributed by atoms with Crippen LogP contribution >= 0.6 is 0 Å². The van der Waals surface area contributed by atoms with Crippen LogP contribution in [0.25, 0.3) is 0 Å². The molecule has 116 valence electrons. The molecule has 2 aliphatic rings. The van der Waals surface area contributed by atoms with Crippen LogP contribution in [0.4, 0.5) is 0 Å². The van der Waals surface area contributed by atoms with Crippen molar-refractivity contribution in [3.8, 4) is 0 Å². The van der Waals surface area contributed by atoms with Crippen molar-refractivity contribution in [1.82, 2.24) is 15.3 Å². The van der Waals surface area contributed by atoms with Crippen LogP contribution in [-0.2, 0) is 23.2 Å². The number of hydrogen-bond donors (Lipinski definition) is 1. The first-order chi connectivity index (χ1) is 10.1. The van der Waals surface area contributed by atoms with E-state index >= 15 is 0 Å². The maximum Gasteiger partial charge on any atom is 0.159 e. The first-order valence-corrected chi connectivity index (χ1v) is 8.31. The first kappa shape index (κ1) is 14.9. The third-order valence-electron chi connectivity index (χ3n) is 4.57. The Morgan fingerprint density at radius 2 is 2.14 bits per heavy atom. The largest absolute Gasteiger partial charge is 0.368 e. The van der Waals surface area contributed by atoms with Crippen molar-refractivity contribution in [2.24, 2.45) is 5.92 Å². The fraction of sp³-hybridized carbons (Fsp3) is 0.765. The molecular weight excluding hydrogens is 262 g/mol. The topological polar surface area (TPSA) is 47.0 Å². The standard InChI is InChI=1S/C17H27N3O/c1-4-21-17(2,3)16-19-11-13-9-12(5-8-15(13)20-16)10-18-14-6-7-14/h11-12,14,18H,4-10H2,1-3H3. The Labute approximate surface area is 127 Å². The summed E-state index contributed by atoms with van der Waals surface area (Å²) in [5.41, 5.74) is 2.17. The van der Waals surface area contributed by atoms with Gasteiger partial charge in [0.25, 0.3) is 0 Å². The van der Waals surface area contributed by atoms with Crippen molar-refractivity contribution in [2.45, 2.75) is 64.5 Å². The average Bonchev–Trinajstić information content (AvgIpc) is 3.28. The molecule has 4 nitrogen and oxygen atoms in total. The highest BCUT2D eigenvalue weighted by molar-refractivity contribution is 5.22. The molecule has 0 aromatic carbocycles. The molecule has 0 saturated heterocycles. The monoisotopic (exact) mass is 289 g/mol. The van der Waals surface area contributed by atoms with Gasteiger partial charge in [-0.2, -0.15) is 0 Å². The van der Waals surface area contributed by atoms with E-state index in [2.05, 4.69) is 10.3 Å². The zero-order valence-electron chi connectivity index (χ0n) is 13.5. The van der Waals surface area contributed by atoms with Gasteiger partial charge < -0.3 is 10.1 Å². The molecule has 0 aliphatic heterocycles. The van der Waals surface area contributed by atoms with Crippen LogP contribution in [-0.4, -0.2) is 29.2 Å². The van der Waals surface area contributed by atoms with Gasteiger partial charge in [0.05, 0.1) is 0 Å². The third kappa shape index (κ3) is 3.61. The summed E-state index contributed by atoms with van der Waals surface area (Å²) in [7, 11) is 0. The minimum atomic E-state index is -0.395. The third-order valence-corrected chi connectivity index (χ3v) is 4.57. The lowest BCUT2D eigenvalue weighted by Gasteiger charge is -2.27. The SMILES string of the molecule is CCOC(C)(C)c1ncc2c(n1)CCC(CNC1CC1)C2. The molecule has 1 aromatic rings. The zero-order chi connectivity index (χ0) is 14.9. The zero-order valence-corrected chi connectivity index (χ0v) is 13.5. The highest BCUT2D eigenvalue weighted by Gasteiger charge is 2.28. The highest BCUT2D eigenvalue weighted by atomic mass is 16.5. The van der Waals surface area contributed by atoms with Crippen LogP contribution in [0.15, 0.2) is 6.20 Å².